The monoisotopic (exact) mass is 252 g/mol. The highest BCUT2D eigenvalue weighted by Gasteiger charge is 2.28. The van der Waals surface area contributed by atoms with Crippen LogP contribution < -0.4 is 0 Å². The Labute approximate surface area is 110 Å². The molecule has 0 saturated heterocycles. The van der Waals surface area contributed by atoms with Crippen LogP contribution in [0.3, 0.4) is 0 Å². The summed E-state index contributed by atoms with van der Waals surface area (Å²) in [4.78, 5) is 8.36. The number of hydrogen-bond acceptors (Lipinski definition) is 2. The Morgan fingerprint density at radius 2 is 1.67 bits per heavy atom. The molecule has 2 nitrogen and oxygen atoms in total. The van der Waals surface area contributed by atoms with Crippen LogP contribution in [0.25, 0.3) is 0 Å². The summed E-state index contributed by atoms with van der Waals surface area (Å²) in [6.07, 6.45) is 10.8. The Morgan fingerprint density at radius 1 is 1.00 bits per heavy atom. The van der Waals surface area contributed by atoms with Gasteiger partial charge >= 0.3 is 0 Å². The molecule has 1 atom stereocenters. The predicted octanol–water partition coefficient (Wildman–Crippen LogP) is 4.64. The van der Waals surface area contributed by atoms with Crippen LogP contribution >= 0.6 is 0 Å². The number of rotatable bonds is 8. The van der Waals surface area contributed by atoms with Crippen LogP contribution in [0, 0.1) is 5.82 Å². The summed E-state index contributed by atoms with van der Waals surface area (Å²) in [7, 11) is 0. The molecule has 102 valence electrons. The van der Waals surface area contributed by atoms with Crippen LogP contribution in [0.4, 0.5) is 4.39 Å². The van der Waals surface area contributed by atoms with Gasteiger partial charge in [0.05, 0.1) is 12.4 Å². The van der Waals surface area contributed by atoms with Crippen LogP contribution in [-0.4, -0.2) is 9.97 Å². The first-order valence-electron chi connectivity index (χ1n) is 7.10. The van der Waals surface area contributed by atoms with Crippen LogP contribution in [0.2, 0.25) is 0 Å². The highest BCUT2D eigenvalue weighted by Crippen LogP contribution is 2.32. The molecule has 0 spiro atoms. The first kappa shape index (κ1) is 15.1. The van der Waals surface area contributed by atoms with Crippen LogP contribution in [0.1, 0.15) is 71.5 Å². The predicted molar refractivity (Wildman–Crippen MR) is 73.0 cm³/mol. The maximum absolute atomic E-state index is 12.9. The molecule has 1 aromatic heterocycles. The number of aromatic nitrogens is 2. The molecule has 18 heavy (non-hydrogen) atoms. The van der Waals surface area contributed by atoms with E-state index in [1.807, 2.05) is 0 Å². The standard InChI is InChI=1S/C15H25FN2/c1-4-6-7-8-10-15(3,9-5-2)14-17-11-13(16)12-18-14/h11-12H,4-10H2,1-3H3. The van der Waals surface area contributed by atoms with E-state index < -0.39 is 0 Å². The molecule has 0 fully saturated rings. The van der Waals surface area contributed by atoms with Gasteiger partial charge < -0.3 is 0 Å². The lowest BCUT2D eigenvalue weighted by molar-refractivity contribution is 0.355. The van der Waals surface area contributed by atoms with Crippen LogP contribution in [0.5, 0.6) is 0 Å². The number of hydrogen-bond donors (Lipinski definition) is 0. The van der Waals surface area contributed by atoms with Crippen molar-refractivity contribution in [2.45, 2.75) is 71.1 Å². The molecule has 1 heterocycles. The summed E-state index contributed by atoms with van der Waals surface area (Å²) in [5, 5.41) is 0. The van der Waals surface area contributed by atoms with Crippen LogP contribution in [0.15, 0.2) is 12.4 Å². The van der Waals surface area contributed by atoms with Gasteiger partial charge in [0.25, 0.3) is 0 Å². The molecular formula is C15H25FN2. The van der Waals surface area contributed by atoms with Crippen molar-refractivity contribution in [2.24, 2.45) is 0 Å². The van der Waals surface area contributed by atoms with Gasteiger partial charge in [-0.1, -0.05) is 52.9 Å². The largest absolute Gasteiger partial charge is 0.238 e. The van der Waals surface area contributed by atoms with E-state index in [4.69, 9.17) is 0 Å². The summed E-state index contributed by atoms with van der Waals surface area (Å²) < 4.78 is 12.9. The minimum atomic E-state index is -0.358. The number of halogens is 1. The Kier molecular flexibility index (Phi) is 6.23. The van der Waals surface area contributed by atoms with Gasteiger partial charge in [0, 0.05) is 5.41 Å². The molecule has 1 rings (SSSR count). The van der Waals surface area contributed by atoms with E-state index in [1.165, 1.54) is 38.1 Å². The van der Waals surface area contributed by atoms with Gasteiger partial charge in [0.15, 0.2) is 5.82 Å². The smallest absolute Gasteiger partial charge is 0.159 e. The molecule has 0 aliphatic rings. The quantitative estimate of drug-likeness (QED) is 0.630. The zero-order valence-electron chi connectivity index (χ0n) is 11.9. The van der Waals surface area contributed by atoms with Crippen molar-refractivity contribution in [3.63, 3.8) is 0 Å². The summed E-state index contributed by atoms with van der Waals surface area (Å²) in [6, 6.07) is 0. The van der Waals surface area contributed by atoms with E-state index in [9.17, 15) is 4.39 Å². The van der Waals surface area contributed by atoms with E-state index in [0.29, 0.717) is 0 Å². The van der Waals surface area contributed by atoms with Crippen molar-refractivity contribution in [1.82, 2.24) is 9.97 Å². The maximum Gasteiger partial charge on any atom is 0.159 e. The summed E-state index contributed by atoms with van der Waals surface area (Å²) >= 11 is 0. The fourth-order valence-electron chi connectivity index (χ4n) is 2.47. The van der Waals surface area contributed by atoms with Gasteiger partial charge in [-0.2, -0.15) is 0 Å². The van der Waals surface area contributed by atoms with E-state index in [-0.39, 0.29) is 11.2 Å². The molecule has 0 bridgehead atoms. The first-order valence-corrected chi connectivity index (χ1v) is 7.10. The molecule has 0 aliphatic carbocycles. The number of unbranched alkanes of at least 4 members (excludes halogenated alkanes) is 3. The third kappa shape index (κ3) is 4.35. The molecule has 1 unspecified atom stereocenters. The third-order valence-corrected chi connectivity index (χ3v) is 3.54. The van der Waals surface area contributed by atoms with Gasteiger partial charge in [0.1, 0.15) is 5.82 Å². The Bertz CT molecular complexity index is 337. The van der Waals surface area contributed by atoms with Crippen molar-refractivity contribution >= 4 is 0 Å². The zero-order valence-corrected chi connectivity index (χ0v) is 11.9. The Morgan fingerprint density at radius 3 is 2.22 bits per heavy atom. The fraction of sp³-hybridized carbons (Fsp3) is 0.733. The average Bonchev–Trinajstić information content (AvgIpc) is 2.36. The van der Waals surface area contributed by atoms with Crippen molar-refractivity contribution in [3.8, 4) is 0 Å². The van der Waals surface area contributed by atoms with E-state index >= 15 is 0 Å². The second-order valence-electron chi connectivity index (χ2n) is 5.35. The average molecular weight is 252 g/mol. The maximum atomic E-state index is 12.9. The SMILES string of the molecule is CCCCCCC(C)(CCC)c1ncc(F)cn1. The van der Waals surface area contributed by atoms with Crippen molar-refractivity contribution in [3.05, 3.63) is 24.0 Å². The fourth-order valence-corrected chi connectivity index (χ4v) is 2.47. The second kappa shape index (κ2) is 7.45. The second-order valence-corrected chi connectivity index (χ2v) is 5.35. The van der Waals surface area contributed by atoms with Crippen LogP contribution in [-0.2, 0) is 5.41 Å². The third-order valence-electron chi connectivity index (χ3n) is 3.54. The lowest BCUT2D eigenvalue weighted by atomic mass is 9.79. The molecule has 0 radical (unpaired) electrons. The molecule has 0 aromatic carbocycles. The van der Waals surface area contributed by atoms with E-state index in [0.717, 1.165) is 25.1 Å². The topological polar surface area (TPSA) is 25.8 Å². The summed E-state index contributed by atoms with van der Waals surface area (Å²) in [5.41, 5.74) is -0.00378. The lowest BCUT2D eigenvalue weighted by Crippen LogP contribution is -2.25. The van der Waals surface area contributed by atoms with Crippen molar-refractivity contribution in [2.75, 3.05) is 0 Å². The number of nitrogens with zero attached hydrogens (tertiary/aromatic N) is 2. The molecule has 0 aliphatic heterocycles. The normalized spacial score (nSPS) is 14.4. The van der Waals surface area contributed by atoms with E-state index in [2.05, 4.69) is 30.7 Å². The minimum Gasteiger partial charge on any atom is -0.238 e. The highest BCUT2D eigenvalue weighted by molar-refractivity contribution is 5.06. The van der Waals surface area contributed by atoms with Gasteiger partial charge in [-0.05, 0) is 12.8 Å². The summed E-state index contributed by atoms with van der Waals surface area (Å²) in [6.45, 7) is 6.60. The van der Waals surface area contributed by atoms with E-state index in [1.54, 1.807) is 0 Å². The van der Waals surface area contributed by atoms with Crippen molar-refractivity contribution < 1.29 is 4.39 Å². The molecule has 0 saturated carbocycles. The molecular weight excluding hydrogens is 227 g/mol. The molecule has 0 amide bonds. The Balaban J connectivity index is 2.69. The molecule has 3 heteroatoms. The highest BCUT2D eigenvalue weighted by atomic mass is 19.1. The van der Waals surface area contributed by atoms with Gasteiger partial charge in [-0.15, -0.1) is 0 Å². The van der Waals surface area contributed by atoms with Gasteiger partial charge in [-0.25, -0.2) is 14.4 Å². The van der Waals surface area contributed by atoms with Gasteiger partial charge in [0.2, 0.25) is 0 Å². The minimum absolute atomic E-state index is 0.00378. The lowest BCUT2D eigenvalue weighted by Gasteiger charge is -2.27. The Hall–Kier alpha value is -0.990. The van der Waals surface area contributed by atoms with Crippen molar-refractivity contribution in [1.29, 1.82) is 0 Å². The summed E-state index contributed by atoms with van der Waals surface area (Å²) in [5.74, 6) is 0.436. The zero-order chi connectivity index (χ0) is 13.4. The van der Waals surface area contributed by atoms with Gasteiger partial charge in [-0.3, -0.25) is 0 Å². The first-order chi connectivity index (χ1) is 8.62. The molecule has 0 N–H and O–H groups in total. The molecule has 1 aromatic rings.